The number of nitrogens with zero attached hydrogens (tertiary/aromatic N) is 2. The summed E-state index contributed by atoms with van der Waals surface area (Å²) in [5.74, 6) is 0.154. The van der Waals surface area contributed by atoms with Crippen LogP contribution in [0.25, 0.3) is 11.4 Å². The Bertz CT molecular complexity index is 681. The van der Waals surface area contributed by atoms with E-state index < -0.39 is 17.8 Å². The van der Waals surface area contributed by atoms with Crippen molar-refractivity contribution in [1.29, 1.82) is 0 Å². The van der Waals surface area contributed by atoms with Crippen molar-refractivity contribution in [2.75, 3.05) is 0 Å². The number of hydrogen-bond acceptors (Lipinski definition) is 2. The molecule has 1 aliphatic rings. The zero-order valence-corrected chi connectivity index (χ0v) is 11.6. The van der Waals surface area contributed by atoms with Crippen molar-refractivity contribution in [2.45, 2.75) is 31.7 Å². The van der Waals surface area contributed by atoms with Crippen LogP contribution in [0.4, 0.5) is 13.2 Å². The van der Waals surface area contributed by atoms with Crippen molar-refractivity contribution in [2.24, 2.45) is 0 Å². The van der Waals surface area contributed by atoms with Crippen LogP contribution >= 0.6 is 11.6 Å². The highest BCUT2D eigenvalue weighted by Crippen LogP contribution is 2.38. The summed E-state index contributed by atoms with van der Waals surface area (Å²) >= 11 is 6.03. The maximum atomic E-state index is 13.1. The molecule has 1 N–H and O–H groups in total. The van der Waals surface area contributed by atoms with Gasteiger partial charge in [0.25, 0.3) is 0 Å². The Kier molecular flexibility index (Phi) is 3.45. The molecular weight excluding hydrogens is 305 g/mol. The number of aromatic nitrogens is 2. The van der Waals surface area contributed by atoms with Crippen LogP contribution in [0.1, 0.15) is 17.7 Å². The van der Waals surface area contributed by atoms with Gasteiger partial charge >= 0.3 is 6.18 Å². The standard InChI is InChI=1S/C14H12ClF3N2O/c15-12-11-6-5-8(21)7-20(11)13(19-12)9-3-1-2-4-10(9)14(16,17)18/h1-4,8,21H,5-7H2. The molecule has 0 saturated carbocycles. The highest BCUT2D eigenvalue weighted by atomic mass is 35.5. The van der Waals surface area contributed by atoms with Crippen LogP contribution in [0.15, 0.2) is 24.3 Å². The van der Waals surface area contributed by atoms with Crippen LogP contribution in [-0.2, 0) is 19.1 Å². The van der Waals surface area contributed by atoms with Gasteiger partial charge in [0.05, 0.1) is 23.9 Å². The predicted molar refractivity (Wildman–Crippen MR) is 72.0 cm³/mol. The van der Waals surface area contributed by atoms with Gasteiger partial charge < -0.3 is 9.67 Å². The second-order valence-corrected chi connectivity index (χ2v) is 5.38. The van der Waals surface area contributed by atoms with Crippen LogP contribution in [0.2, 0.25) is 5.15 Å². The summed E-state index contributed by atoms with van der Waals surface area (Å²) in [6.45, 7) is 0.205. The monoisotopic (exact) mass is 316 g/mol. The Labute approximate surface area is 124 Å². The summed E-state index contributed by atoms with van der Waals surface area (Å²) in [4.78, 5) is 4.09. The molecule has 2 aromatic rings. The molecule has 7 heteroatoms. The van der Waals surface area contributed by atoms with Crippen molar-refractivity contribution in [3.8, 4) is 11.4 Å². The lowest BCUT2D eigenvalue weighted by molar-refractivity contribution is -0.137. The highest BCUT2D eigenvalue weighted by molar-refractivity contribution is 6.30. The fourth-order valence-corrected chi connectivity index (χ4v) is 2.90. The molecule has 0 amide bonds. The third-order valence-electron chi connectivity index (χ3n) is 3.60. The lowest BCUT2D eigenvalue weighted by atomic mass is 10.0. The van der Waals surface area contributed by atoms with E-state index in [1.165, 1.54) is 18.2 Å². The van der Waals surface area contributed by atoms with Gasteiger partial charge in [-0.15, -0.1) is 0 Å². The average molecular weight is 317 g/mol. The molecular formula is C14H12ClF3N2O. The maximum absolute atomic E-state index is 13.1. The van der Waals surface area contributed by atoms with E-state index in [1.54, 1.807) is 4.57 Å². The van der Waals surface area contributed by atoms with Crippen molar-refractivity contribution < 1.29 is 18.3 Å². The van der Waals surface area contributed by atoms with E-state index in [9.17, 15) is 18.3 Å². The number of aliphatic hydroxyl groups excluding tert-OH is 1. The van der Waals surface area contributed by atoms with Crippen molar-refractivity contribution in [3.63, 3.8) is 0 Å². The number of halogens is 4. The summed E-state index contributed by atoms with van der Waals surface area (Å²) in [5, 5.41) is 9.95. The molecule has 1 aliphatic heterocycles. The Balaban J connectivity index is 2.19. The molecule has 0 saturated heterocycles. The van der Waals surface area contributed by atoms with Gasteiger partial charge in [0, 0.05) is 5.56 Å². The smallest absolute Gasteiger partial charge is 0.391 e. The topological polar surface area (TPSA) is 38.1 Å². The molecule has 1 atom stereocenters. The van der Waals surface area contributed by atoms with Crippen LogP contribution in [0, 0.1) is 0 Å². The summed E-state index contributed by atoms with van der Waals surface area (Å²) in [7, 11) is 0. The lowest BCUT2D eigenvalue weighted by Gasteiger charge is -2.22. The molecule has 0 fully saturated rings. The lowest BCUT2D eigenvalue weighted by Crippen LogP contribution is -2.24. The van der Waals surface area contributed by atoms with E-state index in [0.717, 1.165) is 6.07 Å². The molecule has 112 valence electrons. The largest absolute Gasteiger partial charge is 0.417 e. The second-order valence-electron chi connectivity index (χ2n) is 5.02. The molecule has 3 nitrogen and oxygen atoms in total. The quantitative estimate of drug-likeness (QED) is 0.874. The first-order chi connectivity index (χ1) is 9.88. The maximum Gasteiger partial charge on any atom is 0.417 e. The van der Waals surface area contributed by atoms with Crippen molar-refractivity contribution in [1.82, 2.24) is 9.55 Å². The fraction of sp³-hybridized carbons (Fsp3) is 0.357. The van der Waals surface area contributed by atoms with E-state index in [0.29, 0.717) is 18.5 Å². The van der Waals surface area contributed by atoms with Gasteiger partial charge in [-0.25, -0.2) is 4.98 Å². The Morgan fingerprint density at radius 2 is 2.00 bits per heavy atom. The summed E-state index contributed by atoms with van der Waals surface area (Å²) in [6.07, 6.45) is -4.03. The summed E-state index contributed by atoms with van der Waals surface area (Å²) in [6, 6.07) is 5.25. The number of imidazole rings is 1. The molecule has 1 aromatic heterocycles. The summed E-state index contributed by atoms with van der Waals surface area (Å²) < 4.78 is 41.0. The normalized spacial score (nSPS) is 18.6. The Hall–Kier alpha value is -1.53. The second kappa shape index (κ2) is 5.03. The van der Waals surface area contributed by atoms with Gasteiger partial charge in [-0.05, 0) is 18.9 Å². The van der Waals surface area contributed by atoms with Gasteiger partial charge in [-0.2, -0.15) is 13.2 Å². The molecule has 0 bridgehead atoms. The molecule has 1 aromatic carbocycles. The number of aliphatic hydroxyl groups is 1. The zero-order valence-electron chi connectivity index (χ0n) is 10.9. The average Bonchev–Trinajstić information content (AvgIpc) is 2.74. The van der Waals surface area contributed by atoms with Gasteiger partial charge in [-0.1, -0.05) is 29.8 Å². The predicted octanol–water partition coefficient (Wildman–Crippen LogP) is 3.53. The van der Waals surface area contributed by atoms with Crippen molar-refractivity contribution in [3.05, 3.63) is 40.7 Å². The van der Waals surface area contributed by atoms with E-state index in [4.69, 9.17) is 11.6 Å². The molecule has 0 aliphatic carbocycles. The van der Waals surface area contributed by atoms with E-state index >= 15 is 0 Å². The molecule has 2 heterocycles. The van der Waals surface area contributed by atoms with Gasteiger partial charge in [0.1, 0.15) is 5.82 Å². The van der Waals surface area contributed by atoms with Crippen LogP contribution < -0.4 is 0 Å². The minimum Gasteiger partial charge on any atom is -0.391 e. The van der Waals surface area contributed by atoms with Gasteiger partial charge in [-0.3, -0.25) is 0 Å². The van der Waals surface area contributed by atoms with Gasteiger partial charge in [0.15, 0.2) is 5.15 Å². The van der Waals surface area contributed by atoms with E-state index in [-0.39, 0.29) is 23.1 Å². The molecule has 21 heavy (non-hydrogen) atoms. The number of benzene rings is 1. The summed E-state index contributed by atoms with van der Waals surface area (Å²) in [5.41, 5.74) is -0.101. The number of hydrogen-bond donors (Lipinski definition) is 1. The van der Waals surface area contributed by atoms with Crippen LogP contribution in [0.5, 0.6) is 0 Å². The minimum absolute atomic E-state index is 0.0211. The SMILES string of the molecule is OC1CCc2c(Cl)nc(-c3ccccc3C(F)(F)F)n2C1. The van der Waals surface area contributed by atoms with E-state index in [2.05, 4.69) is 4.98 Å². The first-order valence-corrected chi connectivity index (χ1v) is 6.85. The Morgan fingerprint density at radius 3 is 2.71 bits per heavy atom. The minimum atomic E-state index is -4.47. The van der Waals surface area contributed by atoms with E-state index in [1.807, 2.05) is 0 Å². The van der Waals surface area contributed by atoms with Gasteiger partial charge in [0.2, 0.25) is 0 Å². The number of fused-ring (bicyclic) bond motifs is 1. The number of alkyl halides is 3. The molecule has 3 rings (SSSR count). The Morgan fingerprint density at radius 1 is 1.29 bits per heavy atom. The van der Waals surface area contributed by atoms with Crippen molar-refractivity contribution >= 4 is 11.6 Å². The van der Waals surface area contributed by atoms with Crippen LogP contribution in [-0.4, -0.2) is 20.8 Å². The first-order valence-electron chi connectivity index (χ1n) is 6.47. The van der Waals surface area contributed by atoms with Crippen LogP contribution in [0.3, 0.4) is 0 Å². The fourth-order valence-electron chi connectivity index (χ4n) is 2.63. The molecule has 0 spiro atoms. The third-order valence-corrected chi connectivity index (χ3v) is 3.91. The first kappa shape index (κ1) is 14.4. The zero-order chi connectivity index (χ0) is 15.2. The molecule has 1 unspecified atom stereocenters. The third kappa shape index (κ3) is 2.53. The number of rotatable bonds is 1. The highest BCUT2D eigenvalue weighted by Gasteiger charge is 2.35. The molecule has 0 radical (unpaired) electrons.